The summed E-state index contributed by atoms with van der Waals surface area (Å²) in [6, 6.07) is 28.8. The maximum Gasteiger partial charge on any atom is 0.407 e. The van der Waals surface area contributed by atoms with E-state index in [0.29, 0.717) is 18.8 Å². The number of alkyl carbamates (subject to hydrolysis) is 1. The third kappa shape index (κ3) is 8.46. The summed E-state index contributed by atoms with van der Waals surface area (Å²) in [5.74, 6) is -2.32. The quantitative estimate of drug-likeness (QED) is 0.167. The van der Waals surface area contributed by atoms with Crippen LogP contribution in [0, 0.1) is 11.8 Å². The van der Waals surface area contributed by atoms with Crippen LogP contribution in [-0.4, -0.2) is 61.5 Å². The molecule has 1 aliphatic heterocycles. The Morgan fingerprint density at radius 3 is 2.38 bits per heavy atom. The molecule has 3 N–H and O–H groups in total. The third-order valence-electron chi connectivity index (χ3n) is 9.35. The highest BCUT2D eigenvalue weighted by Gasteiger charge is 2.61. The first-order valence-electron chi connectivity index (χ1n) is 17.2. The molecule has 2 aliphatic rings. The Hall–Kier alpha value is -5.20. The maximum atomic E-state index is 14.1. The molecular weight excluding hydrogens is 681 g/mol. The van der Waals surface area contributed by atoms with Gasteiger partial charge in [0.2, 0.25) is 5.91 Å². The molecule has 4 atom stereocenters. The van der Waals surface area contributed by atoms with Crippen molar-refractivity contribution in [2.45, 2.75) is 62.4 Å². The van der Waals surface area contributed by atoms with Crippen molar-refractivity contribution in [3.63, 3.8) is 0 Å². The van der Waals surface area contributed by atoms with Crippen molar-refractivity contribution in [2.24, 2.45) is 11.8 Å². The zero-order valence-corrected chi connectivity index (χ0v) is 30.3. The number of amides is 3. The molecule has 1 saturated carbocycles. The Labute approximate surface area is 304 Å². The number of sulfonamides is 1. The van der Waals surface area contributed by atoms with Gasteiger partial charge in [-0.05, 0) is 61.2 Å². The molecule has 2 fully saturated rings. The second-order valence-corrected chi connectivity index (χ2v) is 16.1. The van der Waals surface area contributed by atoms with Crippen molar-refractivity contribution >= 4 is 38.7 Å². The fourth-order valence-corrected chi connectivity index (χ4v) is 7.72. The summed E-state index contributed by atoms with van der Waals surface area (Å²) in [6.45, 7) is 10.5. The number of ether oxygens (including phenoxy) is 2. The molecular formula is C40H44N4O7S. The number of hydrogen-bond acceptors (Lipinski definition) is 8. The summed E-state index contributed by atoms with van der Waals surface area (Å²) in [7, 11) is -4.35. The van der Waals surface area contributed by atoms with E-state index < -0.39 is 56.9 Å². The molecule has 0 unspecified atom stereocenters. The molecule has 3 amide bonds. The molecule has 4 aromatic rings. The van der Waals surface area contributed by atoms with Crippen molar-refractivity contribution in [1.82, 2.24) is 20.3 Å². The first-order chi connectivity index (χ1) is 24.8. The Bertz CT molecular complexity index is 2080. The van der Waals surface area contributed by atoms with E-state index in [2.05, 4.69) is 26.8 Å². The van der Waals surface area contributed by atoms with Gasteiger partial charge in [0.1, 0.15) is 23.5 Å². The molecule has 0 bridgehead atoms. The number of fused-ring (bicyclic) bond motifs is 1. The van der Waals surface area contributed by atoms with Crippen molar-refractivity contribution in [2.75, 3.05) is 13.1 Å². The number of nitrogens with one attached hydrogen (secondary N) is 3. The number of nitrogens with zero attached hydrogens (tertiary/aromatic N) is 1. The van der Waals surface area contributed by atoms with Crippen LogP contribution in [0.25, 0.3) is 10.8 Å². The molecule has 4 aromatic carbocycles. The average molecular weight is 725 g/mol. The van der Waals surface area contributed by atoms with Gasteiger partial charge >= 0.3 is 6.09 Å². The minimum absolute atomic E-state index is 0.162. The number of rotatable bonds is 12. The molecule has 12 heteroatoms. The van der Waals surface area contributed by atoms with Gasteiger partial charge < -0.3 is 20.1 Å². The predicted molar refractivity (Wildman–Crippen MR) is 198 cm³/mol. The highest BCUT2D eigenvalue weighted by atomic mass is 32.2. The molecule has 0 spiro atoms. The monoisotopic (exact) mass is 724 g/mol. The smallest absolute Gasteiger partial charge is 0.407 e. The van der Waals surface area contributed by atoms with Gasteiger partial charge in [0, 0.05) is 31.6 Å². The Morgan fingerprint density at radius 2 is 1.65 bits per heavy atom. The SMILES string of the molecule is C=C[C@@H]1C[C@]1(NC(=O)[C@@H]1CN(Cc2cccc3ccccc23)C[C@H]1NC(=O)OC(C)(C)C)C(=O)NS(=O)(=O)c1cccc(OCc2ccccc2)c1. The van der Waals surface area contributed by atoms with E-state index in [-0.39, 0.29) is 24.5 Å². The van der Waals surface area contributed by atoms with Crippen LogP contribution in [0.1, 0.15) is 38.3 Å². The second kappa shape index (κ2) is 14.8. The number of carbonyl (C=O) groups is 3. The normalized spacial score (nSPS) is 21.6. The standard InChI is InChI=1S/C40H44N4O7S/c1-5-30-22-40(30,37(46)43-52(48,49)32-19-12-18-31(21-32)50-26-27-13-7-6-8-14-27)42-36(45)34-24-44(25-35(34)41-38(47)51-39(2,3)4)23-29-17-11-16-28-15-9-10-20-33(28)29/h5-21,30,34-35H,1,22-26H2,2-4H3,(H,41,47)(H,42,45)(H,43,46)/t30-,34-,35-,40-/m1/s1. The van der Waals surface area contributed by atoms with Crippen molar-refractivity contribution in [1.29, 1.82) is 0 Å². The van der Waals surface area contributed by atoms with Gasteiger partial charge in [0.05, 0.1) is 16.9 Å². The van der Waals surface area contributed by atoms with Gasteiger partial charge in [-0.3, -0.25) is 14.5 Å². The number of benzene rings is 4. The lowest BCUT2D eigenvalue weighted by atomic mass is 10.0. The highest BCUT2D eigenvalue weighted by molar-refractivity contribution is 7.90. The molecule has 1 saturated heterocycles. The molecule has 11 nitrogen and oxygen atoms in total. The van der Waals surface area contributed by atoms with Crippen LogP contribution in [0.3, 0.4) is 0 Å². The zero-order valence-electron chi connectivity index (χ0n) is 29.5. The van der Waals surface area contributed by atoms with E-state index in [1.54, 1.807) is 26.8 Å². The van der Waals surface area contributed by atoms with Gasteiger partial charge in [-0.25, -0.2) is 17.9 Å². The summed E-state index contributed by atoms with van der Waals surface area (Å²) >= 11 is 0. The van der Waals surface area contributed by atoms with Crippen LogP contribution < -0.4 is 20.1 Å². The summed E-state index contributed by atoms with van der Waals surface area (Å²) < 4.78 is 40.5. The molecule has 6 rings (SSSR count). The van der Waals surface area contributed by atoms with E-state index in [9.17, 15) is 22.8 Å². The van der Waals surface area contributed by atoms with Crippen LogP contribution in [0.5, 0.6) is 5.75 Å². The topological polar surface area (TPSA) is 143 Å². The Balaban J connectivity index is 1.18. The third-order valence-corrected chi connectivity index (χ3v) is 10.7. The van der Waals surface area contributed by atoms with E-state index in [0.717, 1.165) is 21.9 Å². The molecule has 272 valence electrons. The van der Waals surface area contributed by atoms with Gasteiger partial charge in [-0.1, -0.05) is 84.9 Å². The van der Waals surface area contributed by atoms with Gasteiger partial charge in [0.25, 0.3) is 15.9 Å². The van der Waals surface area contributed by atoms with Crippen LogP contribution in [-0.2, 0) is 37.5 Å². The van der Waals surface area contributed by atoms with Crippen LogP contribution in [0.4, 0.5) is 4.79 Å². The molecule has 1 heterocycles. The lowest BCUT2D eigenvalue weighted by Crippen LogP contribution is -2.55. The van der Waals surface area contributed by atoms with Crippen LogP contribution in [0.15, 0.2) is 115 Å². The van der Waals surface area contributed by atoms with E-state index in [1.165, 1.54) is 24.3 Å². The second-order valence-electron chi connectivity index (χ2n) is 14.4. The van der Waals surface area contributed by atoms with Gasteiger partial charge in [-0.2, -0.15) is 0 Å². The van der Waals surface area contributed by atoms with Crippen LogP contribution in [0.2, 0.25) is 0 Å². The fourth-order valence-electron chi connectivity index (χ4n) is 6.65. The molecule has 0 aromatic heterocycles. The summed E-state index contributed by atoms with van der Waals surface area (Å²) in [5.41, 5.74) is -0.310. The molecule has 52 heavy (non-hydrogen) atoms. The number of carbonyl (C=O) groups excluding carboxylic acids is 3. The highest BCUT2D eigenvalue weighted by Crippen LogP contribution is 2.45. The Kier molecular flexibility index (Phi) is 10.4. The average Bonchev–Trinajstić information content (AvgIpc) is 3.69. The first kappa shape index (κ1) is 36.6. The lowest BCUT2D eigenvalue weighted by molar-refractivity contribution is -0.131. The van der Waals surface area contributed by atoms with E-state index in [1.807, 2.05) is 72.8 Å². The lowest BCUT2D eigenvalue weighted by Gasteiger charge is -2.25. The van der Waals surface area contributed by atoms with Gasteiger partial charge in [0.15, 0.2) is 0 Å². The van der Waals surface area contributed by atoms with E-state index in [4.69, 9.17) is 9.47 Å². The molecule has 0 radical (unpaired) electrons. The summed E-state index contributed by atoms with van der Waals surface area (Å²) in [5, 5.41) is 7.93. The number of hydrogen-bond donors (Lipinski definition) is 3. The van der Waals surface area contributed by atoms with Crippen molar-refractivity contribution in [3.05, 3.63) is 121 Å². The van der Waals surface area contributed by atoms with Crippen molar-refractivity contribution < 1.29 is 32.3 Å². The molecule has 1 aliphatic carbocycles. The number of likely N-dealkylation sites (tertiary alicyclic amines) is 1. The maximum absolute atomic E-state index is 14.1. The summed E-state index contributed by atoms with van der Waals surface area (Å²) in [4.78, 5) is 42.7. The summed E-state index contributed by atoms with van der Waals surface area (Å²) in [6.07, 6.45) is 1.04. The zero-order chi connectivity index (χ0) is 37.1. The predicted octanol–water partition coefficient (Wildman–Crippen LogP) is 5.31. The fraction of sp³-hybridized carbons (Fsp3) is 0.325. The minimum atomic E-state index is -4.35. The minimum Gasteiger partial charge on any atom is -0.489 e. The van der Waals surface area contributed by atoms with Crippen LogP contribution >= 0.6 is 0 Å². The largest absolute Gasteiger partial charge is 0.489 e. The van der Waals surface area contributed by atoms with E-state index >= 15 is 0 Å². The van der Waals surface area contributed by atoms with Crippen molar-refractivity contribution in [3.8, 4) is 5.75 Å². The van der Waals surface area contributed by atoms with Gasteiger partial charge in [-0.15, -0.1) is 6.58 Å². The first-order valence-corrected chi connectivity index (χ1v) is 18.7. The Morgan fingerprint density at radius 1 is 0.942 bits per heavy atom.